The van der Waals surface area contributed by atoms with Gasteiger partial charge in [-0.15, -0.1) is 0 Å². The number of aryl methyl sites for hydroxylation is 3. The second-order valence-corrected chi connectivity index (χ2v) is 5.17. The average molecular weight is 273 g/mol. The molecule has 1 amide bonds. The number of nitrogens with zero attached hydrogens (tertiary/aromatic N) is 4. The number of rotatable bonds is 4. The molecule has 1 aliphatic heterocycles. The minimum atomic E-state index is -0.122. The van der Waals surface area contributed by atoms with Gasteiger partial charge in [0.2, 0.25) is 0 Å². The summed E-state index contributed by atoms with van der Waals surface area (Å²) in [4.78, 5) is 12.2. The van der Waals surface area contributed by atoms with Gasteiger partial charge in [-0.3, -0.25) is 14.2 Å². The van der Waals surface area contributed by atoms with Crippen molar-refractivity contribution in [1.82, 2.24) is 24.9 Å². The Morgan fingerprint density at radius 2 is 2.40 bits per heavy atom. The van der Waals surface area contributed by atoms with Crippen molar-refractivity contribution in [3.05, 3.63) is 35.4 Å². The Labute approximate surface area is 117 Å². The first kappa shape index (κ1) is 12.9. The summed E-state index contributed by atoms with van der Waals surface area (Å²) in [6, 6.07) is 1.82. The Balaban J connectivity index is 1.68. The van der Waals surface area contributed by atoms with E-state index in [1.807, 2.05) is 35.5 Å². The monoisotopic (exact) mass is 273 g/mol. The molecule has 0 saturated heterocycles. The van der Waals surface area contributed by atoms with Crippen molar-refractivity contribution in [2.75, 3.05) is 0 Å². The van der Waals surface area contributed by atoms with Crippen LogP contribution in [-0.4, -0.2) is 25.5 Å². The van der Waals surface area contributed by atoms with E-state index in [0.29, 0.717) is 5.69 Å². The maximum Gasteiger partial charge on any atom is 0.272 e. The maximum absolute atomic E-state index is 12.2. The van der Waals surface area contributed by atoms with E-state index in [4.69, 9.17) is 0 Å². The number of carbonyl (C=O) groups is 1. The van der Waals surface area contributed by atoms with Crippen LogP contribution in [0.2, 0.25) is 0 Å². The maximum atomic E-state index is 12.2. The number of nitrogens with one attached hydrogen (secondary N) is 1. The molecule has 0 saturated carbocycles. The van der Waals surface area contributed by atoms with E-state index in [-0.39, 0.29) is 11.9 Å². The van der Waals surface area contributed by atoms with E-state index in [0.717, 1.165) is 37.2 Å². The fourth-order valence-electron chi connectivity index (χ4n) is 2.50. The summed E-state index contributed by atoms with van der Waals surface area (Å²) in [5.74, 6) is -0.122. The number of hydrogen-bond donors (Lipinski definition) is 1. The smallest absolute Gasteiger partial charge is 0.272 e. The van der Waals surface area contributed by atoms with Crippen LogP contribution >= 0.6 is 0 Å². The number of aromatic nitrogens is 4. The highest BCUT2D eigenvalue weighted by Crippen LogP contribution is 2.16. The standard InChI is InChI=1S/C14H19N5O/c1-3-18-9-11(8-15-18)10(2)16-14(20)13-7-12-5-4-6-19(12)17-13/h7-10H,3-6H2,1-2H3,(H,16,20). The Morgan fingerprint density at radius 3 is 3.10 bits per heavy atom. The van der Waals surface area contributed by atoms with Gasteiger partial charge in [-0.2, -0.15) is 10.2 Å². The SMILES string of the molecule is CCn1cc(C(C)NC(=O)c2cc3n(n2)CCC3)cn1. The summed E-state index contributed by atoms with van der Waals surface area (Å²) in [6.07, 6.45) is 5.88. The molecule has 0 bridgehead atoms. The van der Waals surface area contributed by atoms with Crippen LogP contribution < -0.4 is 5.32 Å². The molecule has 0 radical (unpaired) electrons. The zero-order valence-corrected chi connectivity index (χ0v) is 11.8. The molecule has 106 valence electrons. The van der Waals surface area contributed by atoms with Gasteiger partial charge >= 0.3 is 0 Å². The first-order chi connectivity index (χ1) is 9.67. The minimum absolute atomic E-state index is 0.0701. The Bertz CT molecular complexity index is 606. The third-order valence-electron chi connectivity index (χ3n) is 3.72. The fraction of sp³-hybridized carbons (Fsp3) is 0.500. The minimum Gasteiger partial charge on any atom is -0.344 e. The quantitative estimate of drug-likeness (QED) is 0.919. The van der Waals surface area contributed by atoms with Gasteiger partial charge in [-0.25, -0.2) is 0 Å². The Morgan fingerprint density at radius 1 is 1.55 bits per heavy atom. The number of carbonyl (C=O) groups excluding carboxylic acids is 1. The first-order valence-electron chi connectivity index (χ1n) is 7.07. The van der Waals surface area contributed by atoms with Crippen LogP contribution in [0.5, 0.6) is 0 Å². The van der Waals surface area contributed by atoms with Gasteiger partial charge in [-0.05, 0) is 32.8 Å². The van der Waals surface area contributed by atoms with Crippen molar-refractivity contribution in [2.45, 2.75) is 45.8 Å². The molecule has 0 spiro atoms. The molecule has 20 heavy (non-hydrogen) atoms. The van der Waals surface area contributed by atoms with Gasteiger partial charge in [0.1, 0.15) is 5.69 Å². The van der Waals surface area contributed by atoms with Crippen molar-refractivity contribution in [2.24, 2.45) is 0 Å². The van der Waals surface area contributed by atoms with Gasteiger partial charge in [-0.1, -0.05) is 0 Å². The average Bonchev–Trinajstić information content (AvgIpc) is 3.13. The summed E-state index contributed by atoms with van der Waals surface area (Å²) in [6.45, 7) is 5.74. The number of fused-ring (bicyclic) bond motifs is 1. The van der Waals surface area contributed by atoms with Crippen LogP contribution in [0.1, 0.15) is 48.1 Å². The highest BCUT2D eigenvalue weighted by molar-refractivity contribution is 5.92. The van der Waals surface area contributed by atoms with Crippen LogP contribution in [0, 0.1) is 0 Å². The van der Waals surface area contributed by atoms with Crippen LogP contribution in [0.15, 0.2) is 18.5 Å². The highest BCUT2D eigenvalue weighted by atomic mass is 16.2. The Kier molecular flexibility index (Phi) is 3.30. The van der Waals surface area contributed by atoms with E-state index in [1.165, 1.54) is 0 Å². The van der Waals surface area contributed by atoms with Crippen LogP contribution in [0.4, 0.5) is 0 Å². The molecule has 0 fully saturated rings. The van der Waals surface area contributed by atoms with Crippen molar-refractivity contribution in [1.29, 1.82) is 0 Å². The zero-order valence-electron chi connectivity index (χ0n) is 11.8. The second-order valence-electron chi connectivity index (χ2n) is 5.17. The Hall–Kier alpha value is -2.11. The largest absolute Gasteiger partial charge is 0.344 e. The molecule has 2 aromatic rings. The van der Waals surface area contributed by atoms with Crippen molar-refractivity contribution in [3.63, 3.8) is 0 Å². The van der Waals surface area contributed by atoms with Crippen molar-refractivity contribution < 1.29 is 4.79 Å². The molecule has 3 heterocycles. The van der Waals surface area contributed by atoms with E-state index in [1.54, 1.807) is 6.20 Å². The van der Waals surface area contributed by atoms with Gasteiger partial charge in [0.05, 0.1) is 12.2 Å². The lowest BCUT2D eigenvalue weighted by Gasteiger charge is -2.10. The topological polar surface area (TPSA) is 64.7 Å². The third kappa shape index (κ3) is 2.33. The fourth-order valence-corrected chi connectivity index (χ4v) is 2.50. The normalized spacial score (nSPS) is 15.1. The van der Waals surface area contributed by atoms with Crippen LogP contribution in [0.25, 0.3) is 0 Å². The molecule has 2 aromatic heterocycles. The van der Waals surface area contributed by atoms with E-state index in [9.17, 15) is 4.79 Å². The molecule has 6 heteroatoms. The predicted molar refractivity (Wildman–Crippen MR) is 74.3 cm³/mol. The molecule has 3 rings (SSSR count). The molecule has 1 unspecified atom stereocenters. The van der Waals surface area contributed by atoms with Gasteiger partial charge in [0.15, 0.2) is 0 Å². The molecule has 1 atom stereocenters. The summed E-state index contributed by atoms with van der Waals surface area (Å²) >= 11 is 0. The number of amides is 1. The van der Waals surface area contributed by atoms with E-state index >= 15 is 0 Å². The molecule has 1 N–H and O–H groups in total. The molecule has 6 nitrogen and oxygen atoms in total. The first-order valence-corrected chi connectivity index (χ1v) is 7.07. The highest BCUT2D eigenvalue weighted by Gasteiger charge is 2.19. The lowest BCUT2D eigenvalue weighted by Crippen LogP contribution is -2.27. The van der Waals surface area contributed by atoms with Gasteiger partial charge in [0.25, 0.3) is 5.91 Å². The summed E-state index contributed by atoms with van der Waals surface area (Å²) in [5.41, 5.74) is 2.67. The van der Waals surface area contributed by atoms with E-state index < -0.39 is 0 Å². The van der Waals surface area contributed by atoms with E-state index in [2.05, 4.69) is 15.5 Å². The number of hydrogen-bond acceptors (Lipinski definition) is 3. The van der Waals surface area contributed by atoms with Crippen molar-refractivity contribution in [3.8, 4) is 0 Å². The lowest BCUT2D eigenvalue weighted by molar-refractivity contribution is 0.0934. The van der Waals surface area contributed by atoms with Crippen LogP contribution in [-0.2, 0) is 19.5 Å². The third-order valence-corrected chi connectivity index (χ3v) is 3.72. The van der Waals surface area contributed by atoms with Gasteiger partial charge in [0, 0.05) is 30.5 Å². The molecule has 1 aliphatic rings. The molecular formula is C14H19N5O. The summed E-state index contributed by atoms with van der Waals surface area (Å²) < 4.78 is 3.78. The predicted octanol–water partition coefficient (Wildman–Crippen LogP) is 1.54. The molecule has 0 aliphatic carbocycles. The van der Waals surface area contributed by atoms with Crippen molar-refractivity contribution >= 4 is 5.91 Å². The zero-order chi connectivity index (χ0) is 14.1. The summed E-state index contributed by atoms with van der Waals surface area (Å²) in [5, 5.41) is 11.5. The van der Waals surface area contributed by atoms with Crippen LogP contribution in [0.3, 0.4) is 0 Å². The molecule has 0 aromatic carbocycles. The summed E-state index contributed by atoms with van der Waals surface area (Å²) in [7, 11) is 0. The molecular weight excluding hydrogens is 254 g/mol. The lowest BCUT2D eigenvalue weighted by atomic mass is 10.2. The van der Waals surface area contributed by atoms with Gasteiger partial charge < -0.3 is 5.32 Å². The second kappa shape index (κ2) is 5.11.